The van der Waals surface area contributed by atoms with Crippen LogP contribution in [0.1, 0.15) is 29.8 Å². The molecule has 2 aromatic heterocycles. The van der Waals surface area contributed by atoms with Gasteiger partial charge in [0.05, 0.1) is 9.21 Å². The standard InChI is InChI=1S/C15H16ClN3OS2/c16-13-4-3-12(22-13)14-18-11(8-21-14)15(20)19-9-1-2-10(19)7-17-6-5-9/h3-4,8-10,17H,1-2,5-7H2. The average molecular weight is 354 g/mol. The Morgan fingerprint density at radius 2 is 2.18 bits per heavy atom. The van der Waals surface area contributed by atoms with Crippen LogP contribution in [0.5, 0.6) is 0 Å². The summed E-state index contributed by atoms with van der Waals surface area (Å²) >= 11 is 8.99. The summed E-state index contributed by atoms with van der Waals surface area (Å²) in [6.07, 6.45) is 3.26. The van der Waals surface area contributed by atoms with Gasteiger partial charge in [0.2, 0.25) is 0 Å². The molecule has 1 amide bonds. The second-order valence-electron chi connectivity index (χ2n) is 5.73. The first kappa shape index (κ1) is 14.6. The highest BCUT2D eigenvalue weighted by atomic mass is 35.5. The van der Waals surface area contributed by atoms with Gasteiger partial charge in [-0.1, -0.05) is 11.6 Å². The van der Waals surface area contributed by atoms with E-state index in [1.54, 1.807) is 0 Å². The number of fused-ring (bicyclic) bond motifs is 2. The number of hydrogen-bond acceptors (Lipinski definition) is 5. The minimum absolute atomic E-state index is 0.0846. The van der Waals surface area contributed by atoms with Gasteiger partial charge in [0, 0.05) is 24.0 Å². The van der Waals surface area contributed by atoms with E-state index in [0.717, 1.165) is 46.6 Å². The van der Waals surface area contributed by atoms with E-state index < -0.39 is 0 Å². The molecule has 2 aliphatic rings. The maximum absolute atomic E-state index is 12.9. The number of thiophene rings is 1. The number of carbonyl (C=O) groups is 1. The first-order chi connectivity index (χ1) is 10.7. The van der Waals surface area contributed by atoms with Gasteiger partial charge in [-0.05, 0) is 37.9 Å². The number of nitrogens with one attached hydrogen (secondary N) is 1. The van der Waals surface area contributed by atoms with E-state index in [2.05, 4.69) is 15.2 Å². The Balaban J connectivity index is 1.59. The van der Waals surface area contributed by atoms with Crippen LogP contribution < -0.4 is 5.32 Å². The van der Waals surface area contributed by atoms with Crippen LogP contribution in [0.15, 0.2) is 17.5 Å². The van der Waals surface area contributed by atoms with E-state index in [1.807, 2.05) is 17.5 Å². The van der Waals surface area contributed by atoms with E-state index in [9.17, 15) is 4.79 Å². The summed E-state index contributed by atoms with van der Waals surface area (Å²) in [6, 6.07) is 4.51. The lowest BCUT2D eigenvalue weighted by atomic mass is 10.1. The zero-order chi connectivity index (χ0) is 15.1. The predicted molar refractivity (Wildman–Crippen MR) is 90.9 cm³/mol. The van der Waals surface area contributed by atoms with Crippen LogP contribution in [0.25, 0.3) is 9.88 Å². The number of amides is 1. The highest BCUT2D eigenvalue weighted by Crippen LogP contribution is 2.34. The molecule has 22 heavy (non-hydrogen) atoms. The maximum Gasteiger partial charge on any atom is 0.273 e. The largest absolute Gasteiger partial charge is 0.330 e. The Morgan fingerprint density at radius 3 is 3.00 bits per heavy atom. The maximum atomic E-state index is 12.9. The number of nitrogens with zero attached hydrogens (tertiary/aromatic N) is 2. The minimum atomic E-state index is 0.0846. The molecule has 7 heteroatoms. The van der Waals surface area contributed by atoms with Crippen LogP contribution in [0, 0.1) is 0 Å². The smallest absolute Gasteiger partial charge is 0.273 e. The molecule has 2 aromatic rings. The van der Waals surface area contributed by atoms with Crippen molar-refractivity contribution in [3.63, 3.8) is 0 Å². The summed E-state index contributed by atoms with van der Waals surface area (Å²) in [5, 5.41) is 6.18. The molecule has 116 valence electrons. The zero-order valence-electron chi connectivity index (χ0n) is 11.9. The van der Waals surface area contributed by atoms with Crippen molar-refractivity contribution in [1.29, 1.82) is 0 Å². The Kier molecular flexibility index (Phi) is 3.94. The molecule has 1 N–H and O–H groups in total. The Hall–Kier alpha value is -0.950. The van der Waals surface area contributed by atoms with E-state index in [1.165, 1.54) is 22.7 Å². The van der Waals surface area contributed by atoms with E-state index in [4.69, 9.17) is 11.6 Å². The van der Waals surface area contributed by atoms with Crippen molar-refractivity contribution in [2.24, 2.45) is 0 Å². The Bertz CT molecular complexity index is 685. The highest BCUT2D eigenvalue weighted by Gasteiger charge is 2.39. The molecule has 0 aromatic carbocycles. The quantitative estimate of drug-likeness (QED) is 0.898. The SMILES string of the molecule is O=C(c1csc(-c2ccc(Cl)s2)n1)N1C2CCNCC1CC2. The minimum Gasteiger partial charge on any atom is -0.330 e. The van der Waals surface area contributed by atoms with Gasteiger partial charge in [-0.15, -0.1) is 22.7 Å². The zero-order valence-corrected chi connectivity index (χ0v) is 14.3. The molecule has 0 spiro atoms. The van der Waals surface area contributed by atoms with Crippen molar-refractivity contribution in [2.75, 3.05) is 13.1 Å². The lowest BCUT2D eigenvalue weighted by molar-refractivity contribution is 0.0675. The van der Waals surface area contributed by atoms with E-state index in [0.29, 0.717) is 17.8 Å². The summed E-state index contributed by atoms with van der Waals surface area (Å²) in [7, 11) is 0. The van der Waals surface area contributed by atoms with Crippen LogP contribution in [0.3, 0.4) is 0 Å². The Labute approximate surface area is 142 Å². The molecule has 2 unspecified atom stereocenters. The fourth-order valence-electron chi connectivity index (χ4n) is 3.36. The van der Waals surface area contributed by atoms with Crippen molar-refractivity contribution in [2.45, 2.75) is 31.3 Å². The van der Waals surface area contributed by atoms with Crippen molar-refractivity contribution >= 4 is 40.2 Å². The molecular formula is C15H16ClN3OS2. The van der Waals surface area contributed by atoms with Gasteiger partial charge < -0.3 is 10.2 Å². The summed E-state index contributed by atoms with van der Waals surface area (Å²) in [5.41, 5.74) is 0.573. The molecular weight excluding hydrogens is 338 g/mol. The van der Waals surface area contributed by atoms with E-state index in [-0.39, 0.29) is 5.91 Å². The second kappa shape index (κ2) is 5.92. The molecule has 2 fully saturated rings. The third kappa shape index (κ3) is 2.58. The number of halogens is 1. The third-order valence-electron chi connectivity index (χ3n) is 4.40. The molecule has 4 nitrogen and oxygen atoms in total. The van der Waals surface area contributed by atoms with Gasteiger partial charge >= 0.3 is 0 Å². The van der Waals surface area contributed by atoms with E-state index >= 15 is 0 Å². The molecule has 2 atom stereocenters. The number of hydrogen-bond donors (Lipinski definition) is 1. The first-order valence-corrected chi connectivity index (χ1v) is 9.54. The molecule has 4 heterocycles. The summed E-state index contributed by atoms with van der Waals surface area (Å²) in [4.78, 5) is 20.5. The van der Waals surface area contributed by atoms with Crippen molar-refractivity contribution < 1.29 is 4.79 Å². The molecule has 0 aliphatic carbocycles. The van der Waals surface area contributed by atoms with Crippen LogP contribution in [0.2, 0.25) is 4.34 Å². The number of aromatic nitrogens is 1. The summed E-state index contributed by atoms with van der Waals surface area (Å²) in [6.45, 7) is 1.90. The topological polar surface area (TPSA) is 45.2 Å². The highest BCUT2D eigenvalue weighted by molar-refractivity contribution is 7.23. The normalized spacial score (nSPS) is 24.5. The lowest BCUT2D eigenvalue weighted by Gasteiger charge is -2.27. The molecule has 0 saturated carbocycles. The molecule has 0 radical (unpaired) electrons. The predicted octanol–water partition coefficient (Wildman–Crippen LogP) is 3.49. The van der Waals surface area contributed by atoms with Gasteiger partial charge in [-0.25, -0.2) is 4.98 Å². The number of carbonyl (C=O) groups excluding carboxylic acids is 1. The number of thiazole rings is 1. The molecule has 2 saturated heterocycles. The second-order valence-corrected chi connectivity index (χ2v) is 8.31. The van der Waals surface area contributed by atoms with Crippen molar-refractivity contribution in [3.8, 4) is 9.88 Å². The average Bonchev–Trinajstić information content (AvgIpc) is 3.16. The van der Waals surface area contributed by atoms with Gasteiger partial charge in [0.25, 0.3) is 5.91 Å². The molecule has 2 aliphatic heterocycles. The summed E-state index contributed by atoms with van der Waals surface area (Å²) in [5.74, 6) is 0.0846. The van der Waals surface area contributed by atoms with Gasteiger partial charge in [0.15, 0.2) is 0 Å². The van der Waals surface area contributed by atoms with Gasteiger partial charge in [0.1, 0.15) is 10.7 Å². The fourth-order valence-corrected chi connectivity index (χ4v) is 5.27. The summed E-state index contributed by atoms with van der Waals surface area (Å²) < 4.78 is 0.745. The van der Waals surface area contributed by atoms with Gasteiger partial charge in [-0.3, -0.25) is 4.79 Å². The molecule has 4 rings (SSSR count). The van der Waals surface area contributed by atoms with Crippen LogP contribution in [-0.4, -0.2) is 41.0 Å². The van der Waals surface area contributed by atoms with Crippen LogP contribution >= 0.6 is 34.3 Å². The fraction of sp³-hybridized carbons (Fsp3) is 0.467. The third-order valence-corrected chi connectivity index (χ3v) is 6.64. The van der Waals surface area contributed by atoms with Gasteiger partial charge in [-0.2, -0.15) is 0 Å². The van der Waals surface area contributed by atoms with Crippen LogP contribution in [-0.2, 0) is 0 Å². The monoisotopic (exact) mass is 353 g/mol. The molecule has 2 bridgehead atoms. The lowest BCUT2D eigenvalue weighted by Crippen LogP contribution is -2.42. The van der Waals surface area contributed by atoms with Crippen molar-refractivity contribution in [3.05, 3.63) is 27.5 Å². The first-order valence-electron chi connectivity index (χ1n) is 7.47. The number of rotatable bonds is 2. The van der Waals surface area contributed by atoms with Crippen LogP contribution in [0.4, 0.5) is 0 Å². The van der Waals surface area contributed by atoms with Crippen molar-refractivity contribution in [1.82, 2.24) is 15.2 Å². The Morgan fingerprint density at radius 1 is 1.32 bits per heavy atom.